The molecule has 0 aliphatic heterocycles. The predicted octanol–water partition coefficient (Wildman–Crippen LogP) is 6.16. The highest BCUT2D eigenvalue weighted by Crippen LogP contribution is 2.12. The number of rotatable bonds is 14. The molecule has 0 saturated heterocycles. The Balaban J connectivity index is 2.90. The number of hydrogen-bond acceptors (Lipinski definition) is 1. The van der Waals surface area contributed by atoms with E-state index in [0.29, 0.717) is 0 Å². The number of nitrogens with zero attached hydrogens (tertiary/aromatic N) is 1. The lowest BCUT2D eigenvalue weighted by atomic mass is 10.0. The monoisotopic (exact) mass is 249 g/mol. The summed E-state index contributed by atoms with van der Waals surface area (Å²) in [5.74, 6) is 0. The van der Waals surface area contributed by atoms with Crippen LogP contribution in [0.1, 0.15) is 89.9 Å². The molecule has 0 saturated carbocycles. The molecule has 1 nitrogen and oxygen atoms in total. The van der Waals surface area contributed by atoms with Gasteiger partial charge in [-0.25, -0.2) is 0 Å². The third kappa shape index (κ3) is 15.2. The summed E-state index contributed by atoms with van der Waals surface area (Å²) in [6, 6.07) is 2.21. The summed E-state index contributed by atoms with van der Waals surface area (Å²) in [7, 11) is 0. The minimum atomic E-state index is 0.742. The predicted molar refractivity (Wildman–Crippen MR) is 80.4 cm³/mol. The average molecular weight is 249 g/mol. The third-order valence-electron chi connectivity index (χ3n) is 3.45. The molecular weight excluding hydrogens is 218 g/mol. The van der Waals surface area contributed by atoms with Crippen molar-refractivity contribution in [3.8, 4) is 6.07 Å². The van der Waals surface area contributed by atoms with E-state index in [2.05, 4.69) is 12.6 Å². The molecule has 0 amide bonds. The maximum atomic E-state index is 8.40. The van der Waals surface area contributed by atoms with Crippen molar-refractivity contribution in [1.29, 1.82) is 5.26 Å². The van der Waals surface area contributed by atoms with Crippen molar-refractivity contribution in [2.45, 2.75) is 89.9 Å². The van der Waals surface area contributed by atoms with Crippen LogP contribution in [0.15, 0.2) is 12.7 Å². The van der Waals surface area contributed by atoms with Crippen LogP contribution in [0.5, 0.6) is 0 Å². The fourth-order valence-corrected chi connectivity index (χ4v) is 2.26. The zero-order valence-corrected chi connectivity index (χ0v) is 12.1. The van der Waals surface area contributed by atoms with Gasteiger partial charge in [-0.05, 0) is 19.3 Å². The van der Waals surface area contributed by atoms with E-state index in [1.807, 2.05) is 6.08 Å². The summed E-state index contributed by atoms with van der Waals surface area (Å²) in [4.78, 5) is 0. The van der Waals surface area contributed by atoms with Crippen molar-refractivity contribution < 1.29 is 0 Å². The average Bonchev–Trinajstić information content (AvgIpc) is 2.39. The molecule has 0 bridgehead atoms. The van der Waals surface area contributed by atoms with Gasteiger partial charge in [-0.2, -0.15) is 5.26 Å². The number of allylic oxidation sites excluding steroid dienone is 1. The molecule has 0 aliphatic rings. The first-order valence-electron chi connectivity index (χ1n) is 7.89. The Morgan fingerprint density at radius 3 is 1.44 bits per heavy atom. The van der Waals surface area contributed by atoms with Crippen molar-refractivity contribution in [2.24, 2.45) is 0 Å². The van der Waals surface area contributed by atoms with Crippen LogP contribution in [0.2, 0.25) is 0 Å². The topological polar surface area (TPSA) is 23.8 Å². The van der Waals surface area contributed by atoms with Gasteiger partial charge in [0.25, 0.3) is 0 Å². The van der Waals surface area contributed by atoms with Crippen LogP contribution >= 0.6 is 0 Å². The SMILES string of the molecule is C=CCCCCCCCCCCCCCCC#N. The van der Waals surface area contributed by atoms with Gasteiger partial charge in [0.1, 0.15) is 0 Å². The van der Waals surface area contributed by atoms with Crippen molar-refractivity contribution in [1.82, 2.24) is 0 Å². The van der Waals surface area contributed by atoms with Crippen molar-refractivity contribution in [3.63, 3.8) is 0 Å². The molecule has 0 N–H and O–H groups in total. The van der Waals surface area contributed by atoms with Gasteiger partial charge in [0.15, 0.2) is 0 Å². The van der Waals surface area contributed by atoms with Crippen LogP contribution in [0.25, 0.3) is 0 Å². The first kappa shape index (κ1) is 17.2. The highest BCUT2D eigenvalue weighted by atomic mass is 14.2. The van der Waals surface area contributed by atoms with E-state index in [9.17, 15) is 0 Å². The number of nitriles is 1. The van der Waals surface area contributed by atoms with Crippen LogP contribution in [0, 0.1) is 11.3 Å². The molecule has 0 rings (SSSR count). The van der Waals surface area contributed by atoms with Crippen molar-refractivity contribution in [2.75, 3.05) is 0 Å². The van der Waals surface area contributed by atoms with E-state index < -0.39 is 0 Å². The van der Waals surface area contributed by atoms with E-state index >= 15 is 0 Å². The molecule has 1 heteroatoms. The molecule has 0 aromatic carbocycles. The lowest BCUT2D eigenvalue weighted by Gasteiger charge is -2.02. The van der Waals surface area contributed by atoms with Gasteiger partial charge in [-0.15, -0.1) is 6.58 Å². The van der Waals surface area contributed by atoms with Crippen LogP contribution in [0.4, 0.5) is 0 Å². The summed E-state index contributed by atoms with van der Waals surface area (Å²) >= 11 is 0. The van der Waals surface area contributed by atoms with Crippen molar-refractivity contribution >= 4 is 0 Å². The van der Waals surface area contributed by atoms with Gasteiger partial charge in [-0.1, -0.05) is 70.3 Å². The quantitative estimate of drug-likeness (QED) is 0.267. The largest absolute Gasteiger partial charge is 0.198 e. The van der Waals surface area contributed by atoms with Gasteiger partial charge in [0, 0.05) is 6.42 Å². The second-order valence-electron chi connectivity index (χ2n) is 5.23. The molecule has 0 heterocycles. The molecule has 0 unspecified atom stereocenters. The Morgan fingerprint density at radius 2 is 1.06 bits per heavy atom. The molecule has 18 heavy (non-hydrogen) atoms. The molecule has 0 spiro atoms. The Hall–Kier alpha value is -0.770. The maximum Gasteiger partial charge on any atom is 0.0621 e. The number of unbranched alkanes of at least 4 members (excludes halogenated alkanes) is 13. The standard InChI is InChI=1S/C17H31N/c1-2-3-4-5-6-7-8-9-10-11-12-13-14-15-16-17-18/h2H,1,3-16H2. The lowest BCUT2D eigenvalue weighted by molar-refractivity contribution is 0.542. The molecule has 0 aliphatic carbocycles. The van der Waals surface area contributed by atoms with Crippen LogP contribution in [-0.2, 0) is 0 Å². The lowest BCUT2D eigenvalue weighted by Crippen LogP contribution is -1.82. The molecule has 104 valence electrons. The zero-order valence-electron chi connectivity index (χ0n) is 12.1. The Kier molecular flexibility index (Phi) is 15.5. The van der Waals surface area contributed by atoms with Crippen LogP contribution in [0.3, 0.4) is 0 Å². The van der Waals surface area contributed by atoms with E-state index in [0.717, 1.165) is 12.8 Å². The molecule has 0 fully saturated rings. The molecule has 0 radical (unpaired) electrons. The van der Waals surface area contributed by atoms with Gasteiger partial charge in [0.2, 0.25) is 0 Å². The maximum absolute atomic E-state index is 8.40. The van der Waals surface area contributed by atoms with Gasteiger partial charge in [0.05, 0.1) is 6.07 Å². The van der Waals surface area contributed by atoms with E-state index in [1.54, 1.807) is 0 Å². The Morgan fingerprint density at radius 1 is 0.667 bits per heavy atom. The first-order valence-corrected chi connectivity index (χ1v) is 7.89. The summed E-state index contributed by atoms with van der Waals surface area (Å²) in [5.41, 5.74) is 0. The van der Waals surface area contributed by atoms with E-state index in [-0.39, 0.29) is 0 Å². The molecular formula is C17H31N. The fraction of sp³-hybridized carbons (Fsp3) is 0.824. The summed E-state index contributed by atoms with van der Waals surface area (Å²) in [6.07, 6.45) is 20.1. The molecule has 0 aromatic heterocycles. The zero-order chi connectivity index (χ0) is 13.3. The Labute approximate surface area is 114 Å². The highest BCUT2D eigenvalue weighted by Gasteiger charge is 1.93. The first-order chi connectivity index (χ1) is 8.91. The van der Waals surface area contributed by atoms with Crippen LogP contribution < -0.4 is 0 Å². The molecule has 0 atom stereocenters. The minimum absolute atomic E-state index is 0.742. The van der Waals surface area contributed by atoms with E-state index in [1.165, 1.54) is 77.0 Å². The summed E-state index contributed by atoms with van der Waals surface area (Å²) < 4.78 is 0. The van der Waals surface area contributed by atoms with Crippen LogP contribution in [-0.4, -0.2) is 0 Å². The third-order valence-corrected chi connectivity index (χ3v) is 3.45. The minimum Gasteiger partial charge on any atom is -0.198 e. The summed E-state index contributed by atoms with van der Waals surface area (Å²) in [5, 5.41) is 8.40. The molecule has 0 aromatic rings. The van der Waals surface area contributed by atoms with Gasteiger partial charge < -0.3 is 0 Å². The number of hydrogen-bond donors (Lipinski definition) is 0. The second-order valence-corrected chi connectivity index (χ2v) is 5.23. The normalized spacial score (nSPS) is 10.2. The second kappa shape index (κ2) is 16.2. The Bertz CT molecular complexity index is 202. The van der Waals surface area contributed by atoms with E-state index in [4.69, 9.17) is 5.26 Å². The van der Waals surface area contributed by atoms with Crippen molar-refractivity contribution in [3.05, 3.63) is 12.7 Å². The fourth-order valence-electron chi connectivity index (χ4n) is 2.26. The van der Waals surface area contributed by atoms with Gasteiger partial charge in [-0.3, -0.25) is 0 Å². The summed E-state index contributed by atoms with van der Waals surface area (Å²) in [6.45, 7) is 3.74. The smallest absolute Gasteiger partial charge is 0.0621 e. The highest BCUT2D eigenvalue weighted by molar-refractivity contribution is 4.67. The van der Waals surface area contributed by atoms with Gasteiger partial charge >= 0.3 is 0 Å².